The van der Waals surface area contributed by atoms with Crippen molar-refractivity contribution in [3.63, 3.8) is 0 Å². The van der Waals surface area contributed by atoms with E-state index in [-0.39, 0.29) is 5.57 Å². The highest BCUT2D eigenvalue weighted by molar-refractivity contribution is 6.20. The second-order valence-electron chi connectivity index (χ2n) is 10.9. The molecule has 0 spiro atoms. The first-order valence-corrected chi connectivity index (χ1v) is 14.4. The highest BCUT2D eigenvalue weighted by Crippen LogP contribution is 2.32. The molecule has 0 bridgehead atoms. The summed E-state index contributed by atoms with van der Waals surface area (Å²) in [5.41, 5.74) is 4.72. The molecule has 0 unspecified atom stereocenters. The molecule has 1 aliphatic rings. The van der Waals surface area contributed by atoms with Crippen LogP contribution in [0.4, 0.5) is 0 Å². The number of hydrogen-bond donors (Lipinski definition) is 0. The van der Waals surface area contributed by atoms with E-state index < -0.39 is 17.9 Å². The van der Waals surface area contributed by atoms with Crippen molar-refractivity contribution in [3.8, 4) is 28.8 Å². The highest BCUT2D eigenvalue weighted by Gasteiger charge is 2.37. The van der Waals surface area contributed by atoms with Crippen LogP contribution in [0.5, 0.6) is 5.75 Å². The second kappa shape index (κ2) is 11.9. The van der Waals surface area contributed by atoms with Crippen molar-refractivity contribution in [1.29, 1.82) is 5.26 Å². The zero-order valence-corrected chi connectivity index (χ0v) is 24.7. The number of hydrogen-bond acceptors (Lipinski definition) is 5. The van der Waals surface area contributed by atoms with Gasteiger partial charge in [-0.25, -0.2) is 4.68 Å². The molecule has 1 aliphatic heterocycles. The molecule has 2 heterocycles. The van der Waals surface area contributed by atoms with Gasteiger partial charge in [-0.2, -0.15) is 10.4 Å². The summed E-state index contributed by atoms with van der Waals surface area (Å²) >= 11 is 0. The van der Waals surface area contributed by atoms with Crippen molar-refractivity contribution in [2.75, 3.05) is 0 Å². The van der Waals surface area contributed by atoms with Gasteiger partial charge in [-0.1, -0.05) is 60.7 Å². The quantitative estimate of drug-likeness (QED) is 0.150. The molecule has 0 aliphatic carbocycles. The van der Waals surface area contributed by atoms with Crippen LogP contribution in [0.25, 0.3) is 33.8 Å². The number of amides is 2. The van der Waals surface area contributed by atoms with Crippen molar-refractivity contribution in [1.82, 2.24) is 14.7 Å². The highest BCUT2D eigenvalue weighted by atomic mass is 16.5. The molecule has 7 heteroatoms. The third-order valence-electron chi connectivity index (χ3n) is 7.75. The lowest BCUT2D eigenvalue weighted by atomic mass is 9.92. The molecule has 0 radical (unpaired) electrons. The van der Waals surface area contributed by atoms with Crippen LogP contribution in [0.15, 0.2) is 120 Å². The van der Waals surface area contributed by atoms with Crippen LogP contribution in [-0.4, -0.2) is 32.5 Å². The van der Waals surface area contributed by atoms with Gasteiger partial charge in [-0.05, 0) is 85.2 Å². The molecule has 0 N–H and O–H groups in total. The monoisotopic (exact) mass is 578 g/mol. The van der Waals surface area contributed by atoms with Gasteiger partial charge >= 0.3 is 0 Å². The number of aromatic nitrogens is 2. The number of para-hydroxylation sites is 1. The van der Waals surface area contributed by atoms with E-state index in [1.165, 1.54) is 5.39 Å². The minimum Gasteiger partial charge on any atom is -0.489 e. The lowest BCUT2D eigenvalue weighted by Gasteiger charge is -2.30. The van der Waals surface area contributed by atoms with E-state index in [9.17, 15) is 14.9 Å². The van der Waals surface area contributed by atoms with E-state index in [1.807, 2.05) is 85.1 Å². The fourth-order valence-electron chi connectivity index (χ4n) is 5.44. The topological polar surface area (TPSA) is 88.2 Å². The van der Waals surface area contributed by atoms with Crippen LogP contribution in [0.2, 0.25) is 0 Å². The number of fused-ring (bicyclic) bond motifs is 1. The van der Waals surface area contributed by atoms with Crippen LogP contribution in [-0.2, 0) is 16.2 Å². The van der Waals surface area contributed by atoms with Crippen molar-refractivity contribution < 1.29 is 14.3 Å². The largest absolute Gasteiger partial charge is 0.489 e. The maximum absolute atomic E-state index is 13.5. The number of nitriles is 1. The van der Waals surface area contributed by atoms with Crippen molar-refractivity contribution >= 4 is 28.7 Å². The Balaban J connectivity index is 1.37. The van der Waals surface area contributed by atoms with E-state index in [0.717, 1.165) is 32.8 Å². The van der Waals surface area contributed by atoms with Crippen molar-refractivity contribution in [2.45, 2.75) is 33.4 Å². The van der Waals surface area contributed by atoms with E-state index in [4.69, 9.17) is 9.84 Å². The van der Waals surface area contributed by atoms with E-state index in [1.54, 1.807) is 31.5 Å². The van der Waals surface area contributed by atoms with Crippen LogP contribution in [0.3, 0.4) is 0 Å². The molecule has 6 rings (SSSR count). The second-order valence-corrected chi connectivity index (χ2v) is 10.9. The van der Waals surface area contributed by atoms with Gasteiger partial charge < -0.3 is 4.74 Å². The predicted molar refractivity (Wildman–Crippen MR) is 171 cm³/mol. The van der Waals surface area contributed by atoms with Gasteiger partial charge in [0.05, 0.1) is 11.4 Å². The summed E-state index contributed by atoms with van der Waals surface area (Å²) < 4.78 is 7.92. The Hall–Kier alpha value is -5.74. The SMILES string of the molecule is CC1=C(C#N)C(=O)N(C(C)C)C(=O)/C1=C/c1cn(-c2ccccc2)nc1-c1ccc(OCc2cccc3ccccc23)cc1. The first kappa shape index (κ1) is 28.4. The molecular formula is C37H30N4O3. The van der Waals surface area contributed by atoms with Gasteiger partial charge in [-0.3, -0.25) is 14.5 Å². The predicted octanol–water partition coefficient (Wildman–Crippen LogP) is 7.27. The standard InChI is InChI=1S/C37H30N4O3/c1-24(2)41-36(42)33(25(3)34(21-38)37(41)43)20-29-22-40(30-13-5-4-6-14-30)39-35(29)27-16-18-31(19-17-27)44-23-28-12-9-11-26-10-7-8-15-32(26)28/h4-20,22,24H,23H2,1-3H3/b33-20+. The average molecular weight is 579 g/mol. The molecule has 4 aromatic carbocycles. The lowest BCUT2D eigenvalue weighted by Crippen LogP contribution is -2.46. The van der Waals surface area contributed by atoms with Crippen molar-refractivity contribution in [2.24, 2.45) is 0 Å². The third-order valence-corrected chi connectivity index (χ3v) is 7.75. The summed E-state index contributed by atoms with van der Waals surface area (Å²) in [5, 5.41) is 17.0. The van der Waals surface area contributed by atoms with Crippen LogP contribution in [0, 0.1) is 11.3 Å². The van der Waals surface area contributed by atoms with Crippen LogP contribution in [0.1, 0.15) is 31.9 Å². The van der Waals surface area contributed by atoms with Crippen LogP contribution >= 0.6 is 0 Å². The molecule has 0 fully saturated rings. The first-order valence-electron chi connectivity index (χ1n) is 14.4. The maximum Gasteiger partial charge on any atom is 0.271 e. The fourth-order valence-corrected chi connectivity index (χ4v) is 5.44. The average Bonchev–Trinajstić information content (AvgIpc) is 3.46. The Morgan fingerprint density at radius 3 is 2.32 bits per heavy atom. The van der Waals surface area contributed by atoms with E-state index >= 15 is 0 Å². The number of imide groups is 1. The number of nitrogens with zero attached hydrogens (tertiary/aromatic N) is 4. The molecule has 0 atom stereocenters. The number of ether oxygens (including phenoxy) is 1. The third kappa shape index (κ3) is 5.30. The molecule has 5 aromatic rings. The summed E-state index contributed by atoms with van der Waals surface area (Å²) in [5.74, 6) is -0.284. The molecule has 1 aromatic heterocycles. The molecular weight excluding hydrogens is 548 g/mol. The number of carbonyl (C=O) groups excluding carboxylic acids is 2. The Labute approximate surface area is 255 Å². The minimum absolute atomic E-state index is 0.0331. The molecule has 0 saturated heterocycles. The zero-order valence-electron chi connectivity index (χ0n) is 24.7. The summed E-state index contributed by atoms with van der Waals surface area (Å²) in [7, 11) is 0. The van der Waals surface area contributed by atoms with E-state index in [2.05, 4.69) is 24.3 Å². The van der Waals surface area contributed by atoms with Crippen molar-refractivity contribution in [3.05, 3.63) is 131 Å². The zero-order chi connectivity index (χ0) is 30.8. The molecule has 0 saturated carbocycles. The number of rotatable bonds is 7. The van der Waals surface area contributed by atoms with Gasteiger partial charge in [0.2, 0.25) is 0 Å². The Bertz CT molecular complexity index is 1990. The summed E-state index contributed by atoms with van der Waals surface area (Å²) in [6.07, 6.45) is 3.58. The Morgan fingerprint density at radius 1 is 0.886 bits per heavy atom. The van der Waals surface area contributed by atoms with Gasteiger partial charge in [0.1, 0.15) is 24.0 Å². The Morgan fingerprint density at radius 2 is 1.59 bits per heavy atom. The number of carbonyl (C=O) groups is 2. The van der Waals surface area contributed by atoms with Gasteiger partial charge in [-0.15, -0.1) is 0 Å². The maximum atomic E-state index is 13.5. The minimum atomic E-state index is -0.568. The smallest absolute Gasteiger partial charge is 0.271 e. The first-order chi connectivity index (χ1) is 21.4. The molecule has 2 amide bonds. The number of benzene rings is 4. The summed E-state index contributed by atoms with van der Waals surface area (Å²) in [4.78, 5) is 27.6. The lowest BCUT2D eigenvalue weighted by molar-refractivity contribution is -0.142. The van der Waals surface area contributed by atoms with Gasteiger partial charge in [0, 0.05) is 28.9 Å². The molecule has 44 heavy (non-hydrogen) atoms. The fraction of sp³-hybridized carbons (Fsp3) is 0.135. The van der Waals surface area contributed by atoms with Crippen LogP contribution < -0.4 is 4.74 Å². The normalized spacial score (nSPS) is 14.5. The van der Waals surface area contributed by atoms with Gasteiger partial charge in [0.15, 0.2) is 0 Å². The summed E-state index contributed by atoms with van der Waals surface area (Å²) in [6.45, 7) is 5.58. The Kier molecular flexibility index (Phi) is 7.65. The molecule has 7 nitrogen and oxygen atoms in total. The van der Waals surface area contributed by atoms with Gasteiger partial charge in [0.25, 0.3) is 11.8 Å². The molecule has 216 valence electrons. The summed E-state index contributed by atoms with van der Waals surface area (Å²) in [6, 6.07) is 33.4. The van der Waals surface area contributed by atoms with E-state index in [0.29, 0.717) is 29.0 Å².